The molecule has 1 rings (SSSR count). The second-order valence-electron chi connectivity index (χ2n) is 4.51. The van der Waals surface area contributed by atoms with Gasteiger partial charge < -0.3 is 4.74 Å². The summed E-state index contributed by atoms with van der Waals surface area (Å²) in [5.41, 5.74) is 0.712. The van der Waals surface area contributed by atoms with Crippen LogP contribution < -0.4 is 0 Å². The summed E-state index contributed by atoms with van der Waals surface area (Å²) in [6.45, 7) is 9.15. The zero-order chi connectivity index (χ0) is 12.2. The zero-order valence-electron chi connectivity index (χ0n) is 9.99. The van der Waals surface area contributed by atoms with E-state index in [0.717, 1.165) is 5.56 Å². The lowest BCUT2D eigenvalue weighted by Crippen LogP contribution is -2.25. The van der Waals surface area contributed by atoms with E-state index < -0.39 is 5.60 Å². The number of rotatable bonds is 3. The highest BCUT2D eigenvalue weighted by molar-refractivity contribution is 5.89. The van der Waals surface area contributed by atoms with E-state index in [2.05, 4.69) is 11.6 Å². The summed E-state index contributed by atoms with van der Waals surface area (Å²) in [6.07, 6.45) is 3.94. The molecule has 0 aliphatic rings. The molecule has 0 saturated carbocycles. The molecule has 0 aromatic carbocycles. The van der Waals surface area contributed by atoms with Crippen molar-refractivity contribution in [1.29, 1.82) is 0 Å². The van der Waals surface area contributed by atoms with Crippen LogP contribution in [0.25, 0.3) is 0 Å². The zero-order valence-corrected chi connectivity index (χ0v) is 9.99. The highest BCUT2D eigenvalue weighted by Gasteiger charge is 2.20. The van der Waals surface area contributed by atoms with Gasteiger partial charge in [-0.25, -0.2) is 9.78 Å². The summed E-state index contributed by atoms with van der Waals surface area (Å²) >= 11 is 0. The number of pyridine rings is 1. The number of esters is 1. The smallest absolute Gasteiger partial charge is 0.357 e. The maximum absolute atomic E-state index is 11.8. The predicted molar refractivity (Wildman–Crippen MR) is 63.3 cm³/mol. The molecule has 0 N–H and O–H groups in total. The van der Waals surface area contributed by atoms with Crippen molar-refractivity contribution in [2.75, 3.05) is 0 Å². The van der Waals surface area contributed by atoms with Gasteiger partial charge in [0.1, 0.15) is 5.60 Å². The topological polar surface area (TPSA) is 39.2 Å². The van der Waals surface area contributed by atoms with Crippen LogP contribution >= 0.6 is 0 Å². The van der Waals surface area contributed by atoms with Crippen molar-refractivity contribution in [3.63, 3.8) is 0 Å². The monoisotopic (exact) mass is 219 g/mol. The van der Waals surface area contributed by atoms with Crippen LogP contribution in [0.3, 0.4) is 0 Å². The molecule has 3 heteroatoms. The summed E-state index contributed by atoms with van der Waals surface area (Å²) in [5, 5.41) is 0. The first-order valence-electron chi connectivity index (χ1n) is 5.22. The number of hydrogen-bond donors (Lipinski definition) is 0. The SMILES string of the molecule is C=CCc1cccnc1C(=O)OC(C)(C)C. The molecule has 16 heavy (non-hydrogen) atoms. The molecule has 0 bridgehead atoms. The fraction of sp³-hybridized carbons (Fsp3) is 0.385. The molecule has 1 heterocycles. The van der Waals surface area contributed by atoms with Gasteiger partial charge in [0.25, 0.3) is 0 Å². The highest BCUT2D eigenvalue weighted by Crippen LogP contribution is 2.14. The van der Waals surface area contributed by atoms with Gasteiger partial charge in [-0.05, 0) is 38.8 Å². The third-order valence-electron chi connectivity index (χ3n) is 1.85. The Labute approximate surface area is 96.2 Å². The molecule has 0 radical (unpaired) electrons. The minimum absolute atomic E-state index is 0.373. The standard InChI is InChI=1S/C13H17NO2/c1-5-7-10-8-6-9-14-11(10)12(15)16-13(2,3)4/h5-6,8-9H,1,7H2,2-4H3. The quantitative estimate of drug-likeness (QED) is 0.579. The van der Waals surface area contributed by atoms with E-state index in [0.29, 0.717) is 12.1 Å². The van der Waals surface area contributed by atoms with Gasteiger partial charge in [0, 0.05) is 6.20 Å². The van der Waals surface area contributed by atoms with Crippen LogP contribution in [0.1, 0.15) is 36.8 Å². The number of hydrogen-bond acceptors (Lipinski definition) is 3. The third kappa shape index (κ3) is 3.50. The van der Waals surface area contributed by atoms with Gasteiger partial charge in [-0.2, -0.15) is 0 Å². The van der Waals surface area contributed by atoms with E-state index in [9.17, 15) is 4.79 Å². The number of aromatic nitrogens is 1. The molecular formula is C13H17NO2. The minimum atomic E-state index is -0.500. The van der Waals surface area contributed by atoms with Gasteiger partial charge in [-0.3, -0.25) is 0 Å². The molecule has 0 unspecified atom stereocenters. The lowest BCUT2D eigenvalue weighted by molar-refractivity contribution is 0.00617. The van der Waals surface area contributed by atoms with Crippen LogP contribution in [-0.4, -0.2) is 16.6 Å². The molecule has 1 aromatic heterocycles. The van der Waals surface area contributed by atoms with Gasteiger partial charge in [-0.15, -0.1) is 6.58 Å². The average molecular weight is 219 g/mol. The molecule has 0 amide bonds. The Hall–Kier alpha value is -1.64. The van der Waals surface area contributed by atoms with Crippen molar-refractivity contribution in [1.82, 2.24) is 4.98 Å². The Morgan fingerprint density at radius 3 is 2.81 bits per heavy atom. The van der Waals surface area contributed by atoms with Crippen LogP contribution in [0.4, 0.5) is 0 Å². The molecule has 0 aliphatic carbocycles. The molecule has 0 spiro atoms. The third-order valence-corrected chi connectivity index (χ3v) is 1.85. The van der Waals surface area contributed by atoms with Gasteiger partial charge >= 0.3 is 5.97 Å². The second-order valence-corrected chi connectivity index (χ2v) is 4.51. The molecule has 3 nitrogen and oxygen atoms in total. The molecule has 0 atom stereocenters. The summed E-state index contributed by atoms with van der Waals surface area (Å²) in [5.74, 6) is -0.384. The highest BCUT2D eigenvalue weighted by atomic mass is 16.6. The lowest BCUT2D eigenvalue weighted by atomic mass is 10.1. The Bertz CT molecular complexity index is 391. The van der Waals surface area contributed by atoms with Crippen molar-refractivity contribution < 1.29 is 9.53 Å². The fourth-order valence-electron chi connectivity index (χ4n) is 1.27. The van der Waals surface area contributed by atoms with Crippen molar-refractivity contribution in [2.45, 2.75) is 32.8 Å². The Morgan fingerprint density at radius 1 is 1.56 bits per heavy atom. The molecule has 0 saturated heterocycles. The van der Waals surface area contributed by atoms with E-state index in [1.807, 2.05) is 26.8 Å². The number of allylic oxidation sites excluding steroid dienone is 1. The maximum Gasteiger partial charge on any atom is 0.357 e. The van der Waals surface area contributed by atoms with Crippen LogP contribution in [-0.2, 0) is 11.2 Å². The first kappa shape index (κ1) is 12.4. The van der Waals surface area contributed by atoms with E-state index in [4.69, 9.17) is 4.74 Å². The normalized spacial score (nSPS) is 10.9. The van der Waals surface area contributed by atoms with E-state index in [1.54, 1.807) is 18.3 Å². The largest absolute Gasteiger partial charge is 0.455 e. The lowest BCUT2D eigenvalue weighted by Gasteiger charge is -2.19. The van der Waals surface area contributed by atoms with E-state index in [-0.39, 0.29) is 5.97 Å². The van der Waals surface area contributed by atoms with Crippen molar-refractivity contribution in [3.8, 4) is 0 Å². The Morgan fingerprint density at radius 2 is 2.25 bits per heavy atom. The van der Waals surface area contributed by atoms with Crippen LogP contribution in [0, 0.1) is 0 Å². The number of nitrogens with zero attached hydrogens (tertiary/aromatic N) is 1. The van der Waals surface area contributed by atoms with Crippen molar-refractivity contribution >= 4 is 5.97 Å². The van der Waals surface area contributed by atoms with Crippen LogP contribution in [0.2, 0.25) is 0 Å². The van der Waals surface area contributed by atoms with Crippen LogP contribution in [0.15, 0.2) is 31.0 Å². The number of ether oxygens (including phenoxy) is 1. The van der Waals surface area contributed by atoms with E-state index >= 15 is 0 Å². The molecule has 86 valence electrons. The van der Waals surface area contributed by atoms with Crippen LogP contribution in [0.5, 0.6) is 0 Å². The van der Waals surface area contributed by atoms with E-state index in [1.165, 1.54) is 0 Å². The van der Waals surface area contributed by atoms with Gasteiger partial charge in [0.05, 0.1) is 0 Å². The number of carbonyl (C=O) groups excluding carboxylic acids is 1. The fourth-order valence-corrected chi connectivity index (χ4v) is 1.27. The predicted octanol–water partition coefficient (Wildman–Crippen LogP) is 2.77. The summed E-state index contributed by atoms with van der Waals surface area (Å²) in [6, 6.07) is 3.65. The first-order valence-corrected chi connectivity index (χ1v) is 5.22. The van der Waals surface area contributed by atoms with Gasteiger partial charge in [-0.1, -0.05) is 12.1 Å². The minimum Gasteiger partial charge on any atom is -0.455 e. The average Bonchev–Trinajstić information content (AvgIpc) is 2.16. The Kier molecular flexibility index (Phi) is 3.82. The number of carbonyl (C=O) groups is 1. The van der Waals surface area contributed by atoms with Crippen molar-refractivity contribution in [3.05, 3.63) is 42.2 Å². The summed E-state index contributed by atoms with van der Waals surface area (Å²) in [4.78, 5) is 15.9. The molecular weight excluding hydrogens is 202 g/mol. The first-order chi connectivity index (χ1) is 7.44. The van der Waals surface area contributed by atoms with Crippen molar-refractivity contribution in [2.24, 2.45) is 0 Å². The summed E-state index contributed by atoms with van der Waals surface area (Å²) < 4.78 is 5.28. The molecule has 0 aliphatic heterocycles. The Balaban J connectivity index is 2.94. The molecule has 0 fully saturated rings. The second kappa shape index (κ2) is 4.92. The maximum atomic E-state index is 11.8. The molecule has 1 aromatic rings. The van der Waals surface area contributed by atoms with Gasteiger partial charge in [0.15, 0.2) is 5.69 Å². The van der Waals surface area contributed by atoms with Gasteiger partial charge in [0.2, 0.25) is 0 Å². The summed E-state index contributed by atoms with van der Waals surface area (Å²) in [7, 11) is 0.